The fraction of sp³-hybridized carbons (Fsp3) is 1.00. The molecular formula is C9H20N2. The molecule has 1 unspecified atom stereocenters. The summed E-state index contributed by atoms with van der Waals surface area (Å²) in [6.45, 7) is 10.3. The van der Waals surface area contributed by atoms with Crippen molar-refractivity contribution in [3.8, 4) is 0 Å². The highest BCUT2D eigenvalue weighted by atomic mass is 15.2. The van der Waals surface area contributed by atoms with Crippen LogP contribution < -0.4 is 5.32 Å². The van der Waals surface area contributed by atoms with Crippen molar-refractivity contribution in [3.05, 3.63) is 0 Å². The van der Waals surface area contributed by atoms with Crippen molar-refractivity contribution in [1.82, 2.24) is 10.2 Å². The molecule has 1 N–H and O–H groups in total. The van der Waals surface area contributed by atoms with Crippen molar-refractivity contribution in [2.24, 2.45) is 5.92 Å². The fourth-order valence-corrected chi connectivity index (χ4v) is 1.84. The van der Waals surface area contributed by atoms with Gasteiger partial charge < -0.3 is 10.2 Å². The van der Waals surface area contributed by atoms with E-state index >= 15 is 0 Å². The van der Waals surface area contributed by atoms with Gasteiger partial charge in [-0.15, -0.1) is 0 Å². The first kappa shape index (κ1) is 9.01. The third-order valence-corrected chi connectivity index (χ3v) is 2.22. The quantitative estimate of drug-likeness (QED) is 0.561. The van der Waals surface area contributed by atoms with Crippen molar-refractivity contribution >= 4 is 0 Å². The van der Waals surface area contributed by atoms with E-state index in [0.717, 1.165) is 19.0 Å². The van der Waals surface area contributed by atoms with Gasteiger partial charge in [0.25, 0.3) is 0 Å². The Morgan fingerprint density at radius 1 is 1.45 bits per heavy atom. The molecular weight excluding hydrogens is 136 g/mol. The second-order valence-electron chi connectivity index (χ2n) is 4.57. The number of hydrogen-bond donors (Lipinski definition) is 1. The van der Waals surface area contributed by atoms with E-state index in [0.29, 0.717) is 5.54 Å². The summed E-state index contributed by atoms with van der Waals surface area (Å²) >= 11 is 0. The Morgan fingerprint density at radius 2 is 2.09 bits per heavy atom. The first-order chi connectivity index (χ1) is 4.99. The van der Waals surface area contributed by atoms with Gasteiger partial charge in [0.2, 0.25) is 0 Å². The van der Waals surface area contributed by atoms with Gasteiger partial charge in [-0.25, -0.2) is 0 Å². The maximum absolute atomic E-state index is 3.56. The number of rotatable bonds is 0. The van der Waals surface area contributed by atoms with Gasteiger partial charge in [-0.05, 0) is 33.4 Å². The fourth-order valence-electron chi connectivity index (χ4n) is 1.84. The van der Waals surface area contributed by atoms with Gasteiger partial charge in [-0.2, -0.15) is 0 Å². The van der Waals surface area contributed by atoms with Crippen molar-refractivity contribution in [2.75, 3.05) is 26.7 Å². The van der Waals surface area contributed by atoms with Gasteiger partial charge >= 0.3 is 0 Å². The molecule has 1 heterocycles. The van der Waals surface area contributed by atoms with Gasteiger partial charge in [0, 0.05) is 18.6 Å². The lowest BCUT2D eigenvalue weighted by Crippen LogP contribution is -2.45. The molecule has 66 valence electrons. The van der Waals surface area contributed by atoms with Crippen LogP contribution >= 0.6 is 0 Å². The number of nitrogens with one attached hydrogen (secondary N) is 1. The molecule has 2 heteroatoms. The number of hydrogen-bond acceptors (Lipinski definition) is 2. The van der Waals surface area contributed by atoms with Gasteiger partial charge in [-0.1, -0.05) is 6.92 Å². The molecule has 0 amide bonds. The SMILES string of the molecule is CC1CNC(C)(C)CN(C)C1. The van der Waals surface area contributed by atoms with Gasteiger partial charge in [0.05, 0.1) is 0 Å². The Balaban J connectivity index is 2.53. The average Bonchev–Trinajstić information content (AvgIpc) is 1.90. The van der Waals surface area contributed by atoms with Gasteiger partial charge in [0.1, 0.15) is 0 Å². The van der Waals surface area contributed by atoms with Crippen LogP contribution in [0, 0.1) is 5.92 Å². The van der Waals surface area contributed by atoms with Crippen LogP contribution in [0.3, 0.4) is 0 Å². The molecule has 2 nitrogen and oxygen atoms in total. The summed E-state index contributed by atoms with van der Waals surface area (Å²) < 4.78 is 0. The van der Waals surface area contributed by atoms with Crippen LogP contribution in [0.25, 0.3) is 0 Å². The van der Waals surface area contributed by atoms with Crippen molar-refractivity contribution in [1.29, 1.82) is 0 Å². The van der Waals surface area contributed by atoms with Crippen LogP contribution in [-0.4, -0.2) is 37.1 Å². The van der Waals surface area contributed by atoms with Crippen LogP contribution in [0.2, 0.25) is 0 Å². The Bertz CT molecular complexity index is 132. The lowest BCUT2D eigenvalue weighted by Gasteiger charge is -2.27. The maximum Gasteiger partial charge on any atom is 0.0252 e. The van der Waals surface area contributed by atoms with Gasteiger partial charge in [-0.3, -0.25) is 0 Å². The molecule has 1 aliphatic heterocycles. The normalized spacial score (nSPS) is 33.3. The molecule has 0 spiro atoms. The summed E-state index contributed by atoms with van der Waals surface area (Å²) in [6, 6.07) is 0. The summed E-state index contributed by atoms with van der Waals surface area (Å²) in [4.78, 5) is 2.41. The van der Waals surface area contributed by atoms with Crippen LogP contribution in [0.4, 0.5) is 0 Å². The molecule has 0 aliphatic carbocycles. The molecule has 0 radical (unpaired) electrons. The minimum Gasteiger partial charge on any atom is -0.310 e. The van der Waals surface area contributed by atoms with E-state index in [1.807, 2.05) is 0 Å². The zero-order valence-electron chi connectivity index (χ0n) is 8.15. The number of nitrogens with zero attached hydrogens (tertiary/aromatic N) is 1. The predicted octanol–water partition coefficient (Wildman–Crippen LogP) is 0.936. The molecule has 1 fully saturated rings. The molecule has 0 saturated carbocycles. The minimum absolute atomic E-state index is 0.291. The lowest BCUT2D eigenvalue weighted by molar-refractivity contribution is 0.264. The van der Waals surface area contributed by atoms with E-state index in [-0.39, 0.29) is 0 Å². The average molecular weight is 156 g/mol. The van der Waals surface area contributed by atoms with E-state index in [4.69, 9.17) is 0 Å². The van der Waals surface area contributed by atoms with Crippen molar-refractivity contribution in [2.45, 2.75) is 26.3 Å². The third kappa shape index (κ3) is 2.80. The Labute approximate surface area is 70.0 Å². The van der Waals surface area contributed by atoms with E-state index < -0.39 is 0 Å². The first-order valence-corrected chi connectivity index (χ1v) is 4.43. The summed E-state index contributed by atoms with van der Waals surface area (Å²) in [5.74, 6) is 0.779. The smallest absolute Gasteiger partial charge is 0.0252 e. The summed E-state index contributed by atoms with van der Waals surface area (Å²) in [7, 11) is 2.20. The summed E-state index contributed by atoms with van der Waals surface area (Å²) in [6.07, 6.45) is 0. The standard InChI is InChI=1S/C9H20N2/c1-8-5-10-9(2,3)7-11(4)6-8/h8,10H,5-7H2,1-4H3. The molecule has 0 aromatic rings. The second kappa shape index (κ2) is 3.11. The third-order valence-electron chi connectivity index (χ3n) is 2.22. The van der Waals surface area contributed by atoms with E-state index in [1.165, 1.54) is 6.54 Å². The van der Waals surface area contributed by atoms with E-state index in [2.05, 4.69) is 38.0 Å². The van der Waals surface area contributed by atoms with E-state index in [1.54, 1.807) is 0 Å². The highest BCUT2D eigenvalue weighted by Crippen LogP contribution is 2.11. The molecule has 11 heavy (non-hydrogen) atoms. The van der Waals surface area contributed by atoms with Crippen LogP contribution in [0.15, 0.2) is 0 Å². The molecule has 0 aromatic carbocycles. The van der Waals surface area contributed by atoms with Crippen LogP contribution in [0.5, 0.6) is 0 Å². The van der Waals surface area contributed by atoms with Gasteiger partial charge in [0.15, 0.2) is 0 Å². The second-order valence-corrected chi connectivity index (χ2v) is 4.57. The van der Waals surface area contributed by atoms with Crippen molar-refractivity contribution in [3.63, 3.8) is 0 Å². The maximum atomic E-state index is 3.56. The predicted molar refractivity (Wildman–Crippen MR) is 48.7 cm³/mol. The van der Waals surface area contributed by atoms with Crippen LogP contribution in [-0.2, 0) is 0 Å². The monoisotopic (exact) mass is 156 g/mol. The zero-order chi connectivity index (χ0) is 8.48. The molecule has 1 atom stereocenters. The zero-order valence-corrected chi connectivity index (χ0v) is 8.15. The Morgan fingerprint density at radius 3 is 2.73 bits per heavy atom. The van der Waals surface area contributed by atoms with Crippen LogP contribution in [0.1, 0.15) is 20.8 Å². The molecule has 0 aromatic heterocycles. The van der Waals surface area contributed by atoms with Crippen molar-refractivity contribution < 1.29 is 0 Å². The molecule has 1 aliphatic rings. The van der Waals surface area contributed by atoms with E-state index in [9.17, 15) is 0 Å². The highest BCUT2D eigenvalue weighted by molar-refractivity contribution is 4.85. The minimum atomic E-state index is 0.291. The summed E-state index contributed by atoms with van der Waals surface area (Å²) in [5, 5.41) is 3.56. The topological polar surface area (TPSA) is 15.3 Å². The molecule has 1 saturated heterocycles. The first-order valence-electron chi connectivity index (χ1n) is 4.43. The lowest BCUT2D eigenvalue weighted by atomic mass is 10.1. The molecule has 0 bridgehead atoms. The highest BCUT2D eigenvalue weighted by Gasteiger charge is 2.24. The Kier molecular flexibility index (Phi) is 2.55. The molecule has 1 rings (SSSR count). The Hall–Kier alpha value is -0.0800. The largest absolute Gasteiger partial charge is 0.310 e. The number of likely N-dealkylation sites (N-methyl/N-ethyl adjacent to an activating group) is 1. The summed E-state index contributed by atoms with van der Waals surface area (Å²) in [5.41, 5.74) is 0.291.